The van der Waals surface area contributed by atoms with Gasteiger partial charge in [-0.25, -0.2) is 0 Å². The molecule has 1 unspecified atom stereocenters. The third-order valence-electron chi connectivity index (χ3n) is 9.15. The summed E-state index contributed by atoms with van der Waals surface area (Å²) in [5, 5.41) is 0. The molecule has 6 heteroatoms. The van der Waals surface area contributed by atoms with E-state index in [0.29, 0.717) is 5.56 Å². The first-order valence-corrected chi connectivity index (χ1v) is 15.4. The van der Waals surface area contributed by atoms with E-state index in [1.54, 1.807) is 21.3 Å². The van der Waals surface area contributed by atoms with Crippen LogP contribution < -0.4 is 14.2 Å². The van der Waals surface area contributed by atoms with Crippen LogP contribution in [0.1, 0.15) is 52.4 Å². The Labute approximate surface area is 262 Å². The molecule has 1 saturated heterocycles. The maximum atomic E-state index is 13.4. The number of hydrogen-bond donors (Lipinski definition) is 0. The summed E-state index contributed by atoms with van der Waals surface area (Å²) in [7, 11) is 6.97. The molecule has 4 aromatic carbocycles. The Kier molecular flexibility index (Phi) is 9.91. The van der Waals surface area contributed by atoms with Crippen LogP contribution in [0.4, 0.5) is 0 Å². The second-order valence-corrected chi connectivity index (χ2v) is 11.8. The molecule has 0 bridgehead atoms. The average Bonchev–Trinajstić information content (AvgIpc) is 3.08. The van der Waals surface area contributed by atoms with Gasteiger partial charge < -0.3 is 19.1 Å². The van der Waals surface area contributed by atoms with Crippen molar-refractivity contribution in [1.29, 1.82) is 0 Å². The molecule has 4 aromatic rings. The molecular weight excluding hydrogens is 548 g/mol. The Bertz CT molecular complexity index is 1470. The van der Waals surface area contributed by atoms with Crippen molar-refractivity contribution >= 4 is 5.91 Å². The van der Waals surface area contributed by atoms with Crippen molar-refractivity contribution in [3.8, 4) is 17.2 Å². The van der Waals surface area contributed by atoms with Gasteiger partial charge in [-0.15, -0.1) is 0 Å². The van der Waals surface area contributed by atoms with Gasteiger partial charge in [-0.3, -0.25) is 9.69 Å². The van der Waals surface area contributed by atoms with E-state index in [2.05, 4.69) is 78.6 Å². The van der Waals surface area contributed by atoms with Gasteiger partial charge in [0.15, 0.2) is 0 Å². The molecule has 0 aliphatic carbocycles. The first kappa shape index (κ1) is 31.1. The van der Waals surface area contributed by atoms with E-state index in [4.69, 9.17) is 14.2 Å². The second-order valence-electron chi connectivity index (χ2n) is 11.8. The lowest BCUT2D eigenvalue weighted by Crippen LogP contribution is -2.46. The summed E-state index contributed by atoms with van der Waals surface area (Å²) in [4.78, 5) is 17.8. The summed E-state index contributed by atoms with van der Waals surface area (Å²) in [6, 6.07) is 33.2. The van der Waals surface area contributed by atoms with Crippen molar-refractivity contribution in [3.05, 3.63) is 125 Å². The molecular formula is C38H44N2O4. The lowest BCUT2D eigenvalue weighted by atomic mass is 9.69. The number of benzene rings is 4. The van der Waals surface area contributed by atoms with Crippen LogP contribution in [0, 0.1) is 0 Å². The lowest BCUT2D eigenvalue weighted by Gasteiger charge is -2.44. The number of rotatable bonds is 11. The normalized spacial score (nSPS) is 15.3. The fourth-order valence-electron chi connectivity index (χ4n) is 6.48. The number of nitrogens with zero attached hydrogens (tertiary/aromatic N) is 2. The van der Waals surface area contributed by atoms with Gasteiger partial charge in [0.1, 0.15) is 17.2 Å². The summed E-state index contributed by atoms with van der Waals surface area (Å²) in [5.41, 5.74) is 5.43. The first-order valence-electron chi connectivity index (χ1n) is 15.4. The highest BCUT2D eigenvalue weighted by atomic mass is 16.5. The molecule has 230 valence electrons. The molecule has 1 amide bonds. The van der Waals surface area contributed by atoms with Gasteiger partial charge in [-0.2, -0.15) is 0 Å². The molecule has 5 rings (SSSR count). The number of amides is 1. The zero-order chi connectivity index (χ0) is 31.1. The van der Waals surface area contributed by atoms with Crippen molar-refractivity contribution in [2.24, 2.45) is 0 Å². The molecule has 1 heterocycles. The van der Waals surface area contributed by atoms with E-state index in [9.17, 15) is 4.79 Å². The smallest absolute Gasteiger partial charge is 0.253 e. The zero-order valence-corrected chi connectivity index (χ0v) is 26.6. The Morgan fingerprint density at radius 2 is 1.41 bits per heavy atom. The highest BCUT2D eigenvalue weighted by Gasteiger charge is 2.39. The van der Waals surface area contributed by atoms with Crippen LogP contribution in [0.15, 0.2) is 97.1 Å². The number of likely N-dealkylation sites (tertiary alicyclic amines) is 1. The summed E-state index contributed by atoms with van der Waals surface area (Å²) < 4.78 is 16.4. The summed E-state index contributed by atoms with van der Waals surface area (Å²) >= 11 is 0. The van der Waals surface area contributed by atoms with Crippen LogP contribution in [-0.2, 0) is 18.4 Å². The van der Waals surface area contributed by atoms with Crippen LogP contribution in [-0.4, -0.2) is 63.2 Å². The van der Waals surface area contributed by atoms with Gasteiger partial charge in [0.2, 0.25) is 0 Å². The summed E-state index contributed by atoms with van der Waals surface area (Å²) in [6.45, 7) is 4.82. The van der Waals surface area contributed by atoms with Gasteiger partial charge >= 0.3 is 0 Å². The number of likely N-dealkylation sites (N-methyl/N-ethyl adjacent to an activating group) is 1. The van der Waals surface area contributed by atoms with E-state index in [1.165, 1.54) is 16.7 Å². The minimum Gasteiger partial charge on any atom is -0.497 e. The van der Waals surface area contributed by atoms with Crippen molar-refractivity contribution in [3.63, 3.8) is 0 Å². The van der Waals surface area contributed by atoms with Gasteiger partial charge in [0.25, 0.3) is 5.91 Å². The Morgan fingerprint density at radius 1 is 0.818 bits per heavy atom. The minimum atomic E-state index is -0.146. The van der Waals surface area contributed by atoms with Crippen LogP contribution >= 0.6 is 0 Å². The molecule has 0 radical (unpaired) electrons. The fourth-order valence-corrected chi connectivity index (χ4v) is 6.48. The van der Waals surface area contributed by atoms with E-state index in [0.717, 1.165) is 61.7 Å². The highest BCUT2D eigenvalue weighted by molar-refractivity contribution is 5.94. The molecule has 1 fully saturated rings. The standard InChI is InChI=1S/C38H44N2O4/c1-28(25-31-9-6-7-10-36(31)44-5)39(2)37(41)30-13-11-29(12-14-30)26-40-24-8-23-38(27-40,32-15-19-34(42-3)20-16-32)33-17-21-35(43-4)22-18-33/h6-7,9-22,28H,8,23-27H2,1-5H3. The van der Waals surface area contributed by atoms with Crippen LogP contribution in [0.25, 0.3) is 0 Å². The van der Waals surface area contributed by atoms with E-state index in [-0.39, 0.29) is 17.4 Å². The number of piperidine rings is 1. The van der Waals surface area contributed by atoms with Crippen LogP contribution in [0.3, 0.4) is 0 Å². The average molecular weight is 593 g/mol. The fraction of sp³-hybridized carbons (Fsp3) is 0.342. The minimum absolute atomic E-state index is 0.0231. The zero-order valence-electron chi connectivity index (χ0n) is 26.6. The van der Waals surface area contributed by atoms with Gasteiger partial charge in [-0.05, 0) is 97.4 Å². The molecule has 1 aliphatic heterocycles. The predicted octanol–water partition coefficient (Wildman–Crippen LogP) is 7.00. The first-order chi connectivity index (χ1) is 21.4. The largest absolute Gasteiger partial charge is 0.497 e. The SMILES string of the molecule is COc1ccc(C2(c3ccc(OC)cc3)CCCN(Cc3ccc(C(=O)N(C)C(C)Cc4ccccc4OC)cc3)C2)cc1. The third kappa shape index (κ3) is 6.76. The monoisotopic (exact) mass is 592 g/mol. The molecule has 1 aliphatic rings. The molecule has 0 N–H and O–H groups in total. The number of para-hydroxylation sites is 1. The third-order valence-corrected chi connectivity index (χ3v) is 9.15. The Balaban J connectivity index is 1.30. The highest BCUT2D eigenvalue weighted by Crippen LogP contribution is 2.42. The van der Waals surface area contributed by atoms with Crippen molar-refractivity contribution in [1.82, 2.24) is 9.80 Å². The lowest BCUT2D eigenvalue weighted by molar-refractivity contribution is 0.0743. The van der Waals surface area contributed by atoms with Crippen LogP contribution in [0.2, 0.25) is 0 Å². The molecule has 1 atom stereocenters. The number of hydrogen-bond acceptors (Lipinski definition) is 5. The van der Waals surface area contributed by atoms with Gasteiger partial charge in [-0.1, -0.05) is 54.6 Å². The quantitative estimate of drug-likeness (QED) is 0.188. The number of carbonyl (C=O) groups is 1. The van der Waals surface area contributed by atoms with Crippen LogP contribution in [0.5, 0.6) is 17.2 Å². The van der Waals surface area contributed by atoms with E-state index >= 15 is 0 Å². The maximum absolute atomic E-state index is 13.4. The van der Waals surface area contributed by atoms with E-state index in [1.807, 2.05) is 42.3 Å². The predicted molar refractivity (Wildman–Crippen MR) is 176 cm³/mol. The summed E-state index contributed by atoms with van der Waals surface area (Å²) in [6.07, 6.45) is 2.88. The van der Waals surface area contributed by atoms with Crippen molar-refractivity contribution < 1.29 is 19.0 Å². The van der Waals surface area contributed by atoms with Gasteiger partial charge in [0.05, 0.1) is 21.3 Å². The molecule has 0 aromatic heterocycles. The Morgan fingerprint density at radius 3 is 1.98 bits per heavy atom. The topological polar surface area (TPSA) is 51.2 Å². The Hall–Kier alpha value is -4.29. The maximum Gasteiger partial charge on any atom is 0.253 e. The molecule has 0 spiro atoms. The number of ether oxygens (including phenoxy) is 3. The number of carbonyl (C=O) groups excluding carboxylic acids is 1. The molecule has 44 heavy (non-hydrogen) atoms. The molecule has 0 saturated carbocycles. The van der Waals surface area contributed by atoms with Gasteiger partial charge in [0, 0.05) is 37.2 Å². The molecule has 6 nitrogen and oxygen atoms in total. The van der Waals surface area contributed by atoms with E-state index < -0.39 is 0 Å². The van der Waals surface area contributed by atoms with Crippen molar-refractivity contribution in [2.75, 3.05) is 41.5 Å². The summed E-state index contributed by atoms with van der Waals surface area (Å²) in [5.74, 6) is 2.60. The van der Waals surface area contributed by atoms with Crippen molar-refractivity contribution in [2.45, 2.75) is 44.2 Å². The second kappa shape index (κ2) is 14.0. The number of methoxy groups -OCH3 is 3.